The number of amides is 1. The number of benzene rings is 1. The van der Waals surface area contributed by atoms with E-state index in [0.717, 1.165) is 10.0 Å². The van der Waals surface area contributed by atoms with Crippen LogP contribution in [0.25, 0.3) is 6.08 Å². The lowest BCUT2D eigenvalue weighted by Crippen LogP contribution is -2.21. The quantitative estimate of drug-likeness (QED) is 0.625. The van der Waals surface area contributed by atoms with Crippen LogP contribution in [0.15, 0.2) is 39.9 Å². The van der Waals surface area contributed by atoms with Gasteiger partial charge in [-0.3, -0.25) is 4.79 Å². The number of nitrogens with one attached hydrogen (secondary N) is 1. The highest BCUT2D eigenvalue weighted by molar-refractivity contribution is 9.12. The predicted octanol–water partition coefficient (Wildman–Crippen LogP) is 2.35. The lowest BCUT2D eigenvalue weighted by molar-refractivity contribution is -0.121. The summed E-state index contributed by atoms with van der Waals surface area (Å²) in [6.07, 6.45) is 4.11. The zero-order valence-corrected chi connectivity index (χ0v) is 14.3. The Balaban J connectivity index is 1.79. The molecule has 0 aliphatic carbocycles. The second-order valence-electron chi connectivity index (χ2n) is 5.21. The number of carbonyl (C=O) groups is 1. The first-order valence-electron chi connectivity index (χ1n) is 6.89. The first kappa shape index (κ1) is 16.9. The Hall–Kier alpha value is -1.47. The van der Waals surface area contributed by atoms with Crippen LogP contribution in [0.1, 0.15) is 18.4 Å². The Bertz CT molecular complexity index is 684. The average molecular weight is 385 g/mol. The molecule has 1 aliphatic heterocycles. The van der Waals surface area contributed by atoms with E-state index >= 15 is 0 Å². The van der Waals surface area contributed by atoms with E-state index in [1.807, 2.05) is 36.4 Å². The van der Waals surface area contributed by atoms with Crippen molar-refractivity contribution < 1.29 is 13.2 Å². The van der Waals surface area contributed by atoms with Gasteiger partial charge in [-0.25, -0.2) is 13.8 Å². The van der Waals surface area contributed by atoms with Gasteiger partial charge in [0, 0.05) is 10.9 Å². The fourth-order valence-corrected chi connectivity index (χ4v) is 4.48. The average Bonchev–Trinajstić information content (AvgIpc) is 2.79. The zero-order chi connectivity index (χ0) is 16.0. The molecule has 118 valence electrons. The van der Waals surface area contributed by atoms with E-state index in [1.54, 1.807) is 0 Å². The highest BCUT2D eigenvalue weighted by Gasteiger charge is 2.29. The standard InChI is InChI=1S/C15H17BrN2O3S/c16-14(8-12-4-2-1-3-5-12)10-17-18-15(19)9-13-6-7-22(20,21)11-13/h1-5,8,10,13H,6-7,9,11H2,(H,18,19). The van der Waals surface area contributed by atoms with Crippen LogP contribution in [0.5, 0.6) is 0 Å². The van der Waals surface area contributed by atoms with E-state index in [2.05, 4.69) is 26.5 Å². The molecule has 1 N–H and O–H groups in total. The molecule has 0 radical (unpaired) electrons. The minimum atomic E-state index is -2.94. The summed E-state index contributed by atoms with van der Waals surface area (Å²) >= 11 is 3.35. The number of sulfone groups is 1. The van der Waals surface area contributed by atoms with Crippen molar-refractivity contribution in [3.05, 3.63) is 40.4 Å². The SMILES string of the molecule is O=C(CC1CCS(=O)(=O)C1)NN=CC(Br)=Cc1ccccc1. The number of hydrogen-bond donors (Lipinski definition) is 1. The molecular weight excluding hydrogens is 368 g/mol. The van der Waals surface area contributed by atoms with Gasteiger partial charge >= 0.3 is 0 Å². The molecule has 2 rings (SSSR count). The normalized spacial score (nSPS) is 21.1. The monoisotopic (exact) mass is 384 g/mol. The maximum Gasteiger partial charge on any atom is 0.240 e. The van der Waals surface area contributed by atoms with Crippen LogP contribution < -0.4 is 5.43 Å². The van der Waals surface area contributed by atoms with E-state index < -0.39 is 9.84 Å². The molecule has 1 aliphatic rings. The van der Waals surface area contributed by atoms with E-state index in [-0.39, 0.29) is 29.8 Å². The number of hydrogen-bond acceptors (Lipinski definition) is 4. The Labute approximate surface area is 138 Å². The molecule has 1 fully saturated rings. The van der Waals surface area contributed by atoms with Crippen molar-refractivity contribution in [2.45, 2.75) is 12.8 Å². The molecule has 22 heavy (non-hydrogen) atoms. The highest BCUT2D eigenvalue weighted by atomic mass is 79.9. The van der Waals surface area contributed by atoms with Gasteiger partial charge in [-0.2, -0.15) is 5.10 Å². The molecule has 0 saturated carbocycles. The number of halogens is 1. The van der Waals surface area contributed by atoms with E-state index in [4.69, 9.17) is 0 Å². The summed E-state index contributed by atoms with van der Waals surface area (Å²) in [4.78, 5) is 11.7. The fraction of sp³-hybridized carbons (Fsp3) is 0.333. The molecule has 5 nitrogen and oxygen atoms in total. The number of carbonyl (C=O) groups excluding carboxylic acids is 1. The van der Waals surface area contributed by atoms with Crippen LogP contribution in [0.4, 0.5) is 0 Å². The summed E-state index contributed by atoms with van der Waals surface area (Å²) in [6.45, 7) is 0. The Morgan fingerprint density at radius 2 is 2.09 bits per heavy atom. The van der Waals surface area contributed by atoms with Crippen molar-refractivity contribution in [2.24, 2.45) is 11.0 Å². The molecule has 0 aromatic heterocycles. The van der Waals surface area contributed by atoms with Crippen molar-refractivity contribution >= 4 is 44.0 Å². The van der Waals surface area contributed by atoms with Crippen LogP contribution >= 0.6 is 15.9 Å². The lowest BCUT2D eigenvalue weighted by atomic mass is 10.1. The van der Waals surface area contributed by atoms with E-state index in [0.29, 0.717) is 6.42 Å². The number of hydrazone groups is 1. The van der Waals surface area contributed by atoms with Gasteiger partial charge in [-0.1, -0.05) is 30.3 Å². The van der Waals surface area contributed by atoms with Gasteiger partial charge in [0.15, 0.2) is 9.84 Å². The minimum Gasteiger partial charge on any atom is -0.273 e. The smallest absolute Gasteiger partial charge is 0.240 e. The summed E-state index contributed by atoms with van der Waals surface area (Å²) in [5.74, 6) is -0.0803. The summed E-state index contributed by atoms with van der Waals surface area (Å²) in [6, 6.07) is 9.70. The minimum absolute atomic E-state index is 0.0940. The molecule has 1 saturated heterocycles. The van der Waals surface area contributed by atoms with Gasteiger partial charge in [0.05, 0.1) is 17.7 Å². The maximum absolute atomic E-state index is 11.7. The molecular formula is C15H17BrN2O3S. The third-order valence-electron chi connectivity index (χ3n) is 3.28. The zero-order valence-electron chi connectivity index (χ0n) is 11.9. The summed E-state index contributed by atoms with van der Waals surface area (Å²) < 4.78 is 23.4. The molecule has 1 atom stereocenters. The number of allylic oxidation sites excluding steroid dienone is 1. The van der Waals surface area contributed by atoms with Crippen molar-refractivity contribution in [2.75, 3.05) is 11.5 Å². The topological polar surface area (TPSA) is 75.6 Å². The fourth-order valence-electron chi connectivity index (χ4n) is 2.25. The van der Waals surface area contributed by atoms with Crippen LogP contribution in [-0.4, -0.2) is 32.0 Å². The third kappa shape index (κ3) is 5.73. The third-order valence-corrected chi connectivity index (χ3v) is 5.55. The van der Waals surface area contributed by atoms with Crippen LogP contribution in [0, 0.1) is 5.92 Å². The molecule has 1 heterocycles. The largest absolute Gasteiger partial charge is 0.273 e. The van der Waals surface area contributed by atoms with Gasteiger partial charge in [0.25, 0.3) is 0 Å². The molecule has 1 amide bonds. The number of nitrogens with zero attached hydrogens (tertiary/aromatic N) is 1. The molecule has 0 spiro atoms. The molecule has 0 bridgehead atoms. The Kier molecular flexibility index (Phi) is 5.90. The Morgan fingerprint density at radius 3 is 2.73 bits per heavy atom. The van der Waals surface area contributed by atoms with Crippen molar-refractivity contribution in [1.82, 2.24) is 5.43 Å². The summed E-state index contributed by atoms with van der Waals surface area (Å²) in [7, 11) is -2.94. The van der Waals surface area contributed by atoms with Gasteiger partial charge < -0.3 is 0 Å². The molecule has 1 aromatic carbocycles. The van der Waals surface area contributed by atoms with Gasteiger partial charge in [-0.15, -0.1) is 0 Å². The Morgan fingerprint density at radius 1 is 1.36 bits per heavy atom. The van der Waals surface area contributed by atoms with Gasteiger partial charge in [0.2, 0.25) is 5.91 Å². The molecule has 7 heteroatoms. The van der Waals surface area contributed by atoms with Crippen LogP contribution in [0.3, 0.4) is 0 Å². The lowest BCUT2D eigenvalue weighted by Gasteiger charge is -2.05. The predicted molar refractivity (Wildman–Crippen MR) is 91.4 cm³/mol. The second kappa shape index (κ2) is 7.69. The molecule has 1 unspecified atom stereocenters. The van der Waals surface area contributed by atoms with Crippen molar-refractivity contribution in [1.29, 1.82) is 0 Å². The van der Waals surface area contributed by atoms with Gasteiger partial charge in [-0.05, 0) is 39.9 Å². The van der Waals surface area contributed by atoms with E-state index in [9.17, 15) is 13.2 Å². The van der Waals surface area contributed by atoms with Gasteiger partial charge in [0.1, 0.15) is 0 Å². The highest BCUT2D eigenvalue weighted by Crippen LogP contribution is 2.21. The summed E-state index contributed by atoms with van der Waals surface area (Å²) in [5.41, 5.74) is 3.44. The van der Waals surface area contributed by atoms with Crippen molar-refractivity contribution in [3.8, 4) is 0 Å². The first-order chi connectivity index (χ1) is 10.4. The van der Waals surface area contributed by atoms with E-state index in [1.165, 1.54) is 6.21 Å². The summed E-state index contributed by atoms with van der Waals surface area (Å²) in [5, 5.41) is 3.86. The number of rotatable bonds is 5. The first-order valence-corrected chi connectivity index (χ1v) is 9.50. The maximum atomic E-state index is 11.7. The van der Waals surface area contributed by atoms with Crippen LogP contribution in [0.2, 0.25) is 0 Å². The van der Waals surface area contributed by atoms with Crippen molar-refractivity contribution in [3.63, 3.8) is 0 Å². The molecule has 1 aromatic rings. The van der Waals surface area contributed by atoms with Crippen LogP contribution in [-0.2, 0) is 14.6 Å². The second-order valence-corrected chi connectivity index (χ2v) is 8.35.